The van der Waals surface area contributed by atoms with Crippen molar-refractivity contribution in [1.82, 2.24) is 14.6 Å². The van der Waals surface area contributed by atoms with Gasteiger partial charge in [0.1, 0.15) is 10.9 Å². The molecule has 1 heterocycles. The van der Waals surface area contributed by atoms with Gasteiger partial charge in [-0.2, -0.15) is 4.37 Å². The molecule has 0 aromatic carbocycles. The molecule has 0 saturated heterocycles. The first kappa shape index (κ1) is 23.1. The maximum absolute atomic E-state index is 13.5. The van der Waals surface area contributed by atoms with E-state index in [1.54, 1.807) is 4.90 Å². The lowest BCUT2D eigenvalue weighted by atomic mass is 10.0. The number of anilines is 1. The molecule has 9 heteroatoms. The van der Waals surface area contributed by atoms with E-state index in [4.69, 9.17) is 11.5 Å². The van der Waals surface area contributed by atoms with Crippen molar-refractivity contribution in [3.05, 3.63) is 10.6 Å². The molecule has 0 unspecified atom stereocenters. The summed E-state index contributed by atoms with van der Waals surface area (Å²) in [5.74, 6) is -0.749. The monoisotopic (exact) mass is 423 g/mol. The molecule has 1 aliphatic carbocycles. The summed E-state index contributed by atoms with van der Waals surface area (Å²) in [6, 6.07) is -0.588. The summed E-state index contributed by atoms with van der Waals surface area (Å²) in [6.07, 6.45) is 5.96. The Morgan fingerprint density at radius 3 is 2.41 bits per heavy atom. The molecule has 2 rings (SSSR count). The van der Waals surface area contributed by atoms with Crippen LogP contribution in [0, 0.1) is 5.92 Å². The molecular formula is C20H33N5O3S. The second-order valence-corrected chi connectivity index (χ2v) is 8.84. The Hall–Kier alpha value is -2.16. The number of primary amides is 1. The third-order valence-corrected chi connectivity index (χ3v) is 6.18. The average molecular weight is 424 g/mol. The van der Waals surface area contributed by atoms with E-state index in [0.717, 1.165) is 50.1 Å². The van der Waals surface area contributed by atoms with Crippen molar-refractivity contribution in [1.29, 1.82) is 0 Å². The van der Waals surface area contributed by atoms with Gasteiger partial charge in [0.2, 0.25) is 5.91 Å². The molecule has 0 radical (unpaired) electrons. The van der Waals surface area contributed by atoms with Crippen LogP contribution in [-0.2, 0) is 4.79 Å². The molecule has 1 atom stereocenters. The highest BCUT2D eigenvalue weighted by molar-refractivity contribution is 7.09. The van der Waals surface area contributed by atoms with Gasteiger partial charge in [0.15, 0.2) is 5.69 Å². The lowest BCUT2D eigenvalue weighted by molar-refractivity contribution is -0.126. The molecule has 1 aromatic heterocycles. The van der Waals surface area contributed by atoms with Gasteiger partial charge in [-0.05, 0) is 43.1 Å². The third-order valence-electron chi connectivity index (χ3n) is 5.33. The van der Waals surface area contributed by atoms with Gasteiger partial charge in [0, 0.05) is 12.6 Å². The number of hydrogen-bond acceptors (Lipinski definition) is 6. The Morgan fingerprint density at radius 1 is 1.24 bits per heavy atom. The van der Waals surface area contributed by atoms with E-state index in [1.165, 1.54) is 0 Å². The Bertz CT molecular complexity index is 728. The third kappa shape index (κ3) is 5.68. The van der Waals surface area contributed by atoms with Gasteiger partial charge in [-0.15, -0.1) is 0 Å². The topological polar surface area (TPSA) is 131 Å². The van der Waals surface area contributed by atoms with Gasteiger partial charge in [-0.1, -0.05) is 40.0 Å². The Labute approximate surface area is 176 Å². The standard InChI is InChI=1S/C20H33N5O3S/c1-4-7-14(19(27)23-11-10-12(2)3)25(13-8-5-6-9-13)20(28)17-15(21)16(18(22)26)24-29-17/h12-14H,4-11,21H2,1-3H3,(H2,22,26)(H,23,27)/t14-/m1/s1. The lowest BCUT2D eigenvalue weighted by Crippen LogP contribution is -2.53. The molecule has 0 bridgehead atoms. The molecule has 29 heavy (non-hydrogen) atoms. The van der Waals surface area contributed by atoms with E-state index in [-0.39, 0.29) is 34.1 Å². The van der Waals surface area contributed by atoms with E-state index in [0.29, 0.717) is 18.9 Å². The Morgan fingerprint density at radius 2 is 1.90 bits per heavy atom. The van der Waals surface area contributed by atoms with Crippen molar-refractivity contribution < 1.29 is 14.4 Å². The average Bonchev–Trinajstić information content (AvgIpc) is 3.30. The number of nitrogen functional groups attached to an aromatic ring is 1. The fourth-order valence-electron chi connectivity index (χ4n) is 3.76. The fourth-order valence-corrected chi connectivity index (χ4v) is 4.51. The van der Waals surface area contributed by atoms with Crippen LogP contribution in [0.4, 0.5) is 5.69 Å². The second kappa shape index (κ2) is 10.6. The van der Waals surface area contributed by atoms with Crippen LogP contribution in [0.25, 0.3) is 0 Å². The molecular weight excluding hydrogens is 390 g/mol. The zero-order valence-electron chi connectivity index (χ0n) is 17.6. The minimum absolute atomic E-state index is 0.00552. The zero-order valence-corrected chi connectivity index (χ0v) is 18.4. The first-order chi connectivity index (χ1) is 13.8. The number of carbonyl (C=O) groups is 3. The SMILES string of the molecule is CCC[C@H](C(=O)NCCC(C)C)N(C(=O)c1snc(C(N)=O)c1N)C1CCCC1. The molecule has 162 valence electrons. The van der Waals surface area contributed by atoms with Crippen LogP contribution in [0.2, 0.25) is 0 Å². The first-order valence-corrected chi connectivity index (χ1v) is 11.2. The van der Waals surface area contributed by atoms with Gasteiger partial charge in [-0.3, -0.25) is 14.4 Å². The molecule has 0 aliphatic heterocycles. The lowest BCUT2D eigenvalue weighted by Gasteiger charge is -2.35. The highest BCUT2D eigenvalue weighted by atomic mass is 32.1. The van der Waals surface area contributed by atoms with Crippen LogP contribution < -0.4 is 16.8 Å². The van der Waals surface area contributed by atoms with Crippen molar-refractivity contribution >= 4 is 34.9 Å². The number of rotatable bonds is 10. The van der Waals surface area contributed by atoms with Crippen molar-refractivity contribution in [2.45, 2.75) is 77.8 Å². The molecule has 1 aromatic rings. The predicted molar refractivity (Wildman–Crippen MR) is 115 cm³/mol. The van der Waals surface area contributed by atoms with Gasteiger partial charge in [-0.25, -0.2) is 0 Å². The maximum Gasteiger partial charge on any atom is 0.270 e. The number of nitrogens with one attached hydrogen (secondary N) is 1. The molecule has 0 spiro atoms. The van der Waals surface area contributed by atoms with E-state index >= 15 is 0 Å². The van der Waals surface area contributed by atoms with Crippen molar-refractivity contribution in [2.24, 2.45) is 11.7 Å². The largest absolute Gasteiger partial charge is 0.395 e. The molecule has 3 amide bonds. The summed E-state index contributed by atoms with van der Waals surface area (Å²) in [5.41, 5.74) is 11.2. The summed E-state index contributed by atoms with van der Waals surface area (Å²) >= 11 is 0.870. The number of nitrogens with two attached hydrogens (primary N) is 2. The van der Waals surface area contributed by atoms with Crippen LogP contribution in [0.3, 0.4) is 0 Å². The normalized spacial score (nSPS) is 15.4. The molecule has 8 nitrogen and oxygen atoms in total. The van der Waals surface area contributed by atoms with E-state index in [2.05, 4.69) is 23.5 Å². The van der Waals surface area contributed by atoms with Crippen LogP contribution in [0.5, 0.6) is 0 Å². The number of carbonyl (C=O) groups excluding carboxylic acids is 3. The fraction of sp³-hybridized carbons (Fsp3) is 0.700. The number of amides is 3. The summed E-state index contributed by atoms with van der Waals surface area (Å²) in [7, 11) is 0. The van der Waals surface area contributed by atoms with Crippen molar-refractivity contribution in [3.63, 3.8) is 0 Å². The molecule has 1 aliphatic rings. The maximum atomic E-state index is 13.5. The van der Waals surface area contributed by atoms with Gasteiger partial charge in [0.25, 0.3) is 11.8 Å². The molecule has 1 fully saturated rings. The second-order valence-electron chi connectivity index (χ2n) is 8.07. The van der Waals surface area contributed by atoms with Crippen LogP contribution in [-0.4, -0.2) is 45.6 Å². The Kier molecular flexibility index (Phi) is 8.43. The minimum Gasteiger partial charge on any atom is -0.395 e. The number of nitrogens with zero attached hydrogens (tertiary/aromatic N) is 2. The highest BCUT2D eigenvalue weighted by Crippen LogP contribution is 2.31. The van der Waals surface area contributed by atoms with Gasteiger partial charge >= 0.3 is 0 Å². The highest BCUT2D eigenvalue weighted by Gasteiger charge is 2.38. The first-order valence-electron chi connectivity index (χ1n) is 10.4. The predicted octanol–water partition coefficient (Wildman–Crippen LogP) is 2.54. The van der Waals surface area contributed by atoms with Crippen molar-refractivity contribution in [3.8, 4) is 0 Å². The van der Waals surface area contributed by atoms with E-state index in [9.17, 15) is 14.4 Å². The quantitative estimate of drug-likeness (QED) is 0.532. The smallest absolute Gasteiger partial charge is 0.270 e. The molecule has 5 N–H and O–H groups in total. The van der Waals surface area contributed by atoms with Crippen LogP contribution in [0.1, 0.15) is 85.9 Å². The van der Waals surface area contributed by atoms with Crippen LogP contribution >= 0.6 is 11.5 Å². The van der Waals surface area contributed by atoms with E-state index in [1.807, 2.05) is 6.92 Å². The van der Waals surface area contributed by atoms with Gasteiger partial charge in [0.05, 0.1) is 5.69 Å². The summed E-state index contributed by atoms with van der Waals surface area (Å²) in [6.45, 7) is 6.79. The minimum atomic E-state index is -0.762. The number of aromatic nitrogens is 1. The summed E-state index contributed by atoms with van der Waals surface area (Å²) in [5, 5.41) is 3.00. The van der Waals surface area contributed by atoms with Gasteiger partial charge < -0.3 is 21.7 Å². The summed E-state index contributed by atoms with van der Waals surface area (Å²) in [4.78, 5) is 39.9. The zero-order chi connectivity index (χ0) is 21.6. The Balaban J connectivity index is 2.32. The van der Waals surface area contributed by atoms with Crippen molar-refractivity contribution in [2.75, 3.05) is 12.3 Å². The van der Waals surface area contributed by atoms with E-state index < -0.39 is 11.9 Å². The number of hydrogen-bond donors (Lipinski definition) is 3. The summed E-state index contributed by atoms with van der Waals surface area (Å²) < 4.78 is 3.96. The molecule has 1 saturated carbocycles. The van der Waals surface area contributed by atoms with Crippen LogP contribution in [0.15, 0.2) is 0 Å².